The Kier molecular flexibility index (Phi) is 9.62. The summed E-state index contributed by atoms with van der Waals surface area (Å²) in [6, 6.07) is 10.8. The molecule has 1 unspecified atom stereocenters. The van der Waals surface area contributed by atoms with E-state index in [-0.39, 0.29) is 12.5 Å². The van der Waals surface area contributed by atoms with E-state index in [0.717, 1.165) is 65.6 Å². The van der Waals surface area contributed by atoms with Gasteiger partial charge in [-0.3, -0.25) is 9.69 Å². The highest BCUT2D eigenvalue weighted by Gasteiger charge is 2.24. The Morgan fingerprint density at radius 1 is 1.03 bits per heavy atom. The van der Waals surface area contributed by atoms with Crippen LogP contribution in [0.2, 0.25) is 0 Å². The first-order chi connectivity index (χ1) is 15.6. The monoisotopic (exact) mass is 444 g/mol. The van der Waals surface area contributed by atoms with E-state index in [1.54, 1.807) is 0 Å². The Bertz CT molecular complexity index is 712. The van der Waals surface area contributed by atoms with Crippen LogP contribution in [0, 0.1) is 5.92 Å². The second kappa shape index (κ2) is 12.6. The van der Waals surface area contributed by atoms with Crippen LogP contribution >= 0.6 is 0 Å². The molecule has 2 aliphatic heterocycles. The Hall–Kier alpha value is -2.32. The Balaban J connectivity index is 1.49. The van der Waals surface area contributed by atoms with Gasteiger partial charge in [0.25, 0.3) is 0 Å². The SMILES string of the molecule is CCNC(=NCC(=O)N1CCN(c2ccccc2)CC1)NCC(C(C)C)N1CCOCC1. The molecule has 0 aliphatic carbocycles. The lowest BCUT2D eigenvalue weighted by Crippen LogP contribution is -2.53. The van der Waals surface area contributed by atoms with Crippen molar-refractivity contribution in [2.24, 2.45) is 10.9 Å². The van der Waals surface area contributed by atoms with Crippen molar-refractivity contribution in [3.05, 3.63) is 30.3 Å². The molecule has 1 amide bonds. The first kappa shape index (κ1) is 24.3. The summed E-state index contributed by atoms with van der Waals surface area (Å²) in [5.74, 6) is 1.32. The van der Waals surface area contributed by atoms with Crippen molar-refractivity contribution in [1.82, 2.24) is 20.4 Å². The van der Waals surface area contributed by atoms with E-state index >= 15 is 0 Å². The standard InChI is InChI=1S/C24H40N6O2/c1-4-25-24(26-18-22(20(2)3)29-14-16-32-17-15-29)27-19-23(31)30-12-10-28(11-13-30)21-8-6-5-7-9-21/h5-9,20,22H,4,10-19H2,1-3H3,(H2,25,26,27). The molecule has 2 aliphatic rings. The van der Waals surface area contributed by atoms with Gasteiger partial charge in [0, 0.05) is 64.1 Å². The lowest BCUT2D eigenvalue weighted by molar-refractivity contribution is -0.129. The number of rotatable bonds is 8. The Labute approximate surface area is 193 Å². The minimum absolute atomic E-state index is 0.0866. The van der Waals surface area contributed by atoms with Crippen LogP contribution in [0.5, 0.6) is 0 Å². The smallest absolute Gasteiger partial charge is 0.244 e. The van der Waals surface area contributed by atoms with E-state index in [0.29, 0.717) is 17.9 Å². The lowest BCUT2D eigenvalue weighted by atomic mass is 10.0. The summed E-state index contributed by atoms with van der Waals surface area (Å²) in [7, 11) is 0. The molecule has 1 atom stereocenters. The number of ether oxygens (including phenoxy) is 1. The highest BCUT2D eigenvalue weighted by molar-refractivity contribution is 5.85. The molecule has 0 bridgehead atoms. The number of amides is 1. The van der Waals surface area contributed by atoms with Crippen molar-refractivity contribution in [1.29, 1.82) is 0 Å². The van der Waals surface area contributed by atoms with Gasteiger partial charge in [0.15, 0.2) is 5.96 Å². The van der Waals surface area contributed by atoms with E-state index in [4.69, 9.17) is 4.74 Å². The molecule has 178 valence electrons. The van der Waals surface area contributed by atoms with Crippen LogP contribution in [0.3, 0.4) is 0 Å². The van der Waals surface area contributed by atoms with E-state index in [2.05, 4.69) is 63.5 Å². The third-order valence-corrected chi connectivity index (χ3v) is 6.23. The number of benzene rings is 1. The number of nitrogens with zero attached hydrogens (tertiary/aromatic N) is 4. The fourth-order valence-electron chi connectivity index (χ4n) is 4.34. The Morgan fingerprint density at radius 2 is 1.72 bits per heavy atom. The zero-order chi connectivity index (χ0) is 22.8. The van der Waals surface area contributed by atoms with Crippen molar-refractivity contribution in [2.75, 3.05) is 77.0 Å². The predicted molar refractivity (Wildman–Crippen MR) is 130 cm³/mol. The summed E-state index contributed by atoms with van der Waals surface area (Å²) in [5.41, 5.74) is 1.22. The molecule has 8 heteroatoms. The van der Waals surface area contributed by atoms with Crippen LogP contribution in [0.4, 0.5) is 5.69 Å². The number of carbonyl (C=O) groups excluding carboxylic acids is 1. The van der Waals surface area contributed by atoms with Gasteiger partial charge in [-0.1, -0.05) is 32.0 Å². The number of guanidine groups is 1. The topological polar surface area (TPSA) is 72.4 Å². The molecule has 0 spiro atoms. The molecule has 1 aromatic rings. The van der Waals surface area contributed by atoms with Gasteiger partial charge in [-0.2, -0.15) is 0 Å². The van der Waals surface area contributed by atoms with Crippen molar-refractivity contribution >= 4 is 17.6 Å². The zero-order valence-electron chi connectivity index (χ0n) is 19.9. The molecule has 8 nitrogen and oxygen atoms in total. The molecular weight excluding hydrogens is 404 g/mol. The number of para-hydroxylation sites is 1. The van der Waals surface area contributed by atoms with Crippen molar-refractivity contribution in [3.63, 3.8) is 0 Å². The number of anilines is 1. The van der Waals surface area contributed by atoms with E-state index in [1.807, 2.05) is 17.9 Å². The van der Waals surface area contributed by atoms with Gasteiger partial charge in [-0.05, 0) is 25.0 Å². The number of aliphatic imine (C=N–C) groups is 1. The number of hydrogen-bond acceptors (Lipinski definition) is 5. The molecule has 2 saturated heterocycles. The van der Waals surface area contributed by atoms with Crippen molar-refractivity contribution < 1.29 is 9.53 Å². The predicted octanol–water partition coefficient (Wildman–Crippen LogP) is 1.25. The molecule has 0 radical (unpaired) electrons. The zero-order valence-corrected chi connectivity index (χ0v) is 19.9. The maximum Gasteiger partial charge on any atom is 0.244 e. The number of hydrogen-bond donors (Lipinski definition) is 2. The second-order valence-electron chi connectivity index (χ2n) is 8.74. The number of piperazine rings is 1. The van der Waals surface area contributed by atoms with Gasteiger partial charge in [0.2, 0.25) is 5.91 Å². The minimum atomic E-state index is 0.0866. The first-order valence-corrected chi connectivity index (χ1v) is 12.0. The maximum atomic E-state index is 12.8. The van der Waals surface area contributed by atoms with Gasteiger partial charge in [0.05, 0.1) is 13.2 Å². The van der Waals surface area contributed by atoms with Crippen LogP contribution in [0.1, 0.15) is 20.8 Å². The maximum absolute atomic E-state index is 12.8. The van der Waals surface area contributed by atoms with Crippen molar-refractivity contribution in [3.8, 4) is 0 Å². The van der Waals surface area contributed by atoms with E-state index in [9.17, 15) is 4.79 Å². The molecule has 2 heterocycles. The fraction of sp³-hybridized carbons (Fsp3) is 0.667. The van der Waals surface area contributed by atoms with Gasteiger partial charge < -0.3 is 25.2 Å². The van der Waals surface area contributed by atoms with Crippen LogP contribution in [-0.2, 0) is 9.53 Å². The summed E-state index contributed by atoms with van der Waals surface area (Å²) >= 11 is 0. The fourth-order valence-corrected chi connectivity index (χ4v) is 4.34. The minimum Gasteiger partial charge on any atom is -0.379 e. The quantitative estimate of drug-likeness (QED) is 0.465. The summed E-state index contributed by atoms with van der Waals surface area (Å²) in [6.45, 7) is 15.0. The van der Waals surface area contributed by atoms with Crippen LogP contribution < -0.4 is 15.5 Å². The summed E-state index contributed by atoms with van der Waals surface area (Å²) in [4.78, 5) is 24.1. The molecule has 1 aromatic carbocycles. The molecule has 0 aromatic heterocycles. The van der Waals surface area contributed by atoms with E-state index in [1.165, 1.54) is 5.69 Å². The molecule has 3 rings (SSSR count). The first-order valence-electron chi connectivity index (χ1n) is 12.0. The number of morpholine rings is 1. The van der Waals surface area contributed by atoms with Crippen LogP contribution in [0.25, 0.3) is 0 Å². The summed E-state index contributed by atoms with van der Waals surface area (Å²) in [5, 5.41) is 6.75. The average Bonchev–Trinajstić information content (AvgIpc) is 2.83. The van der Waals surface area contributed by atoms with E-state index < -0.39 is 0 Å². The Morgan fingerprint density at radius 3 is 2.34 bits per heavy atom. The lowest BCUT2D eigenvalue weighted by Gasteiger charge is -2.37. The molecule has 32 heavy (non-hydrogen) atoms. The van der Waals surface area contributed by atoms with Gasteiger partial charge in [0.1, 0.15) is 6.54 Å². The summed E-state index contributed by atoms with van der Waals surface area (Å²) in [6.07, 6.45) is 0. The van der Waals surface area contributed by atoms with Crippen LogP contribution in [-0.4, -0.2) is 99.8 Å². The van der Waals surface area contributed by atoms with Crippen LogP contribution in [0.15, 0.2) is 35.3 Å². The average molecular weight is 445 g/mol. The number of nitrogens with one attached hydrogen (secondary N) is 2. The third-order valence-electron chi connectivity index (χ3n) is 6.23. The van der Waals surface area contributed by atoms with Gasteiger partial charge in [-0.15, -0.1) is 0 Å². The molecule has 2 N–H and O–H groups in total. The molecule has 2 fully saturated rings. The normalized spacial score (nSPS) is 19.2. The second-order valence-corrected chi connectivity index (χ2v) is 8.74. The molecule has 0 saturated carbocycles. The third kappa shape index (κ3) is 7.10. The van der Waals surface area contributed by atoms with Gasteiger partial charge in [-0.25, -0.2) is 4.99 Å². The number of carbonyl (C=O) groups is 1. The highest BCUT2D eigenvalue weighted by Crippen LogP contribution is 2.15. The largest absolute Gasteiger partial charge is 0.379 e. The van der Waals surface area contributed by atoms with Gasteiger partial charge >= 0.3 is 0 Å². The summed E-state index contributed by atoms with van der Waals surface area (Å²) < 4.78 is 5.50. The highest BCUT2D eigenvalue weighted by atomic mass is 16.5. The van der Waals surface area contributed by atoms with Crippen molar-refractivity contribution in [2.45, 2.75) is 26.8 Å². The molecular formula is C24H40N6O2.